The van der Waals surface area contributed by atoms with Gasteiger partial charge < -0.3 is 10.4 Å². The minimum atomic E-state index is -1.10. The molecule has 3 aromatic rings. The van der Waals surface area contributed by atoms with E-state index < -0.39 is 11.9 Å². The van der Waals surface area contributed by atoms with Gasteiger partial charge in [0.05, 0.1) is 11.1 Å². The predicted molar refractivity (Wildman–Crippen MR) is 94.8 cm³/mol. The second-order valence-electron chi connectivity index (χ2n) is 5.77. The third kappa shape index (κ3) is 2.86. The van der Waals surface area contributed by atoms with Crippen molar-refractivity contribution in [1.82, 2.24) is 0 Å². The van der Waals surface area contributed by atoms with E-state index in [0.29, 0.717) is 11.3 Å². The molecule has 0 fully saturated rings. The molecule has 0 aliphatic rings. The summed E-state index contributed by atoms with van der Waals surface area (Å²) >= 11 is 0. The van der Waals surface area contributed by atoms with Gasteiger partial charge in [-0.3, -0.25) is 4.79 Å². The van der Waals surface area contributed by atoms with E-state index in [1.807, 2.05) is 43.3 Å². The standard InChI is InChI=1S/C20H17NO3/c1-12-7-9-15(10-8-12)21-19(22)17-11-14-5-3-4-6-16(14)13(2)18(17)20(23)24/h3-11H,1-2H3,(H,21,22)(H,23,24). The Labute approximate surface area is 139 Å². The largest absolute Gasteiger partial charge is 0.478 e. The summed E-state index contributed by atoms with van der Waals surface area (Å²) in [5.41, 5.74) is 2.51. The van der Waals surface area contributed by atoms with Crippen LogP contribution in [0.3, 0.4) is 0 Å². The molecule has 4 nitrogen and oxygen atoms in total. The van der Waals surface area contributed by atoms with Crippen molar-refractivity contribution < 1.29 is 14.7 Å². The van der Waals surface area contributed by atoms with Gasteiger partial charge in [0, 0.05) is 5.69 Å². The number of benzene rings is 3. The lowest BCUT2D eigenvalue weighted by Gasteiger charge is -2.13. The number of carbonyl (C=O) groups is 2. The van der Waals surface area contributed by atoms with Gasteiger partial charge in [0.15, 0.2) is 0 Å². The molecule has 0 aliphatic heterocycles. The first kappa shape index (κ1) is 15.7. The number of fused-ring (bicyclic) bond motifs is 1. The number of amides is 1. The van der Waals surface area contributed by atoms with Gasteiger partial charge in [0.2, 0.25) is 0 Å². The Hall–Kier alpha value is -3.14. The van der Waals surface area contributed by atoms with Crippen LogP contribution in [0.5, 0.6) is 0 Å². The third-order valence-corrected chi connectivity index (χ3v) is 4.08. The molecule has 1 amide bonds. The Morgan fingerprint density at radius 2 is 1.62 bits per heavy atom. The average molecular weight is 319 g/mol. The first-order chi connectivity index (χ1) is 11.5. The van der Waals surface area contributed by atoms with Crippen molar-refractivity contribution >= 4 is 28.3 Å². The zero-order chi connectivity index (χ0) is 17.3. The molecule has 120 valence electrons. The highest BCUT2D eigenvalue weighted by Crippen LogP contribution is 2.26. The van der Waals surface area contributed by atoms with Gasteiger partial charge in [0.1, 0.15) is 0 Å². The molecule has 0 aromatic heterocycles. The summed E-state index contributed by atoms with van der Waals surface area (Å²) in [5, 5.41) is 14.0. The molecule has 0 heterocycles. The SMILES string of the molecule is Cc1ccc(NC(=O)c2cc3ccccc3c(C)c2C(=O)O)cc1. The van der Waals surface area contributed by atoms with Crippen LogP contribution in [0, 0.1) is 13.8 Å². The maximum Gasteiger partial charge on any atom is 0.336 e. The van der Waals surface area contributed by atoms with Crippen LogP contribution in [0.25, 0.3) is 10.8 Å². The molecule has 2 N–H and O–H groups in total. The van der Waals surface area contributed by atoms with E-state index in [9.17, 15) is 14.7 Å². The number of carboxylic acids is 1. The summed E-state index contributed by atoms with van der Waals surface area (Å²) in [7, 11) is 0. The number of carboxylic acid groups (broad SMARTS) is 1. The Morgan fingerprint density at radius 3 is 2.29 bits per heavy atom. The molecule has 0 bridgehead atoms. The van der Waals surface area contributed by atoms with Gasteiger partial charge in [-0.25, -0.2) is 4.79 Å². The quantitative estimate of drug-likeness (QED) is 0.751. The smallest absolute Gasteiger partial charge is 0.336 e. The molecular weight excluding hydrogens is 302 g/mol. The summed E-state index contributed by atoms with van der Waals surface area (Å²) in [6.07, 6.45) is 0. The normalized spacial score (nSPS) is 10.6. The van der Waals surface area contributed by atoms with Gasteiger partial charge in [-0.2, -0.15) is 0 Å². The van der Waals surface area contributed by atoms with Crippen LogP contribution in [-0.4, -0.2) is 17.0 Å². The van der Waals surface area contributed by atoms with Crippen LogP contribution in [0.4, 0.5) is 5.69 Å². The van der Waals surface area contributed by atoms with Gasteiger partial charge in [-0.15, -0.1) is 0 Å². The number of anilines is 1. The number of nitrogens with one attached hydrogen (secondary N) is 1. The predicted octanol–water partition coefficient (Wildman–Crippen LogP) is 4.41. The maximum absolute atomic E-state index is 12.6. The highest BCUT2D eigenvalue weighted by atomic mass is 16.4. The highest BCUT2D eigenvalue weighted by molar-refractivity contribution is 6.14. The lowest BCUT2D eigenvalue weighted by molar-refractivity contribution is 0.0692. The molecular formula is C20H17NO3. The van der Waals surface area contributed by atoms with Gasteiger partial charge >= 0.3 is 5.97 Å². The van der Waals surface area contributed by atoms with E-state index in [-0.39, 0.29) is 11.1 Å². The second-order valence-corrected chi connectivity index (χ2v) is 5.77. The Kier molecular flexibility index (Phi) is 4.04. The van der Waals surface area contributed by atoms with E-state index in [0.717, 1.165) is 16.3 Å². The van der Waals surface area contributed by atoms with Crippen molar-refractivity contribution in [1.29, 1.82) is 0 Å². The molecule has 4 heteroatoms. The molecule has 0 atom stereocenters. The lowest BCUT2D eigenvalue weighted by Crippen LogP contribution is -2.17. The number of hydrogen-bond donors (Lipinski definition) is 2. The minimum absolute atomic E-state index is 0.0401. The van der Waals surface area contributed by atoms with Crippen LogP contribution in [0.1, 0.15) is 31.8 Å². The highest BCUT2D eigenvalue weighted by Gasteiger charge is 2.21. The summed E-state index contributed by atoms with van der Waals surface area (Å²) in [4.78, 5) is 24.4. The first-order valence-corrected chi connectivity index (χ1v) is 7.61. The van der Waals surface area contributed by atoms with E-state index in [1.165, 1.54) is 0 Å². The summed E-state index contributed by atoms with van der Waals surface area (Å²) in [6, 6.07) is 16.4. The van der Waals surface area contributed by atoms with Crippen LogP contribution >= 0.6 is 0 Å². The zero-order valence-corrected chi connectivity index (χ0v) is 13.5. The van der Waals surface area contributed by atoms with Crippen LogP contribution in [0.2, 0.25) is 0 Å². The first-order valence-electron chi connectivity index (χ1n) is 7.61. The Bertz CT molecular complexity index is 943. The van der Waals surface area contributed by atoms with Crippen molar-refractivity contribution in [2.24, 2.45) is 0 Å². The molecule has 0 saturated carbocycles. The molecule has 3 aromatic carbocycles. The van der Waals surface area contributed by atoms with Crippen molar-refractivity contribution in [3.8, 4) is 0 Å². The number of aromatic carboxylic acids is 1. The van der Waals surface area contributed by atoms with E-state index in [2.05, 4.69) is 5.32 Å². The molecule has 0 spiro atoms. The average Bonchev–Trinajstić information content (AvgIpc) is 2.56. The van der Waals surface area contributed by atoms with Crippen LogP contribution < -0.4 is 5.32 Å². The number of carbonyl (C=O) groups excluding carboxylic acids is 1. The molecule has 0 unspecified atom stereocenters. The maximum atomic E-state index is 12.6. The van der Waals surface area contributed by atoms with Gasteiger partial charge in [-0.1, -0.05) is 42.0 Å². The summed E-state index contributed by atoms with van der Waals surface area (Å²) in [6.45, 7) is 3.69. The fourth-order valence-corrected chi connectivity index (χ4v) is 2.82. The number of rotatable bonds is 3. The van der Waals surface area contributed by atoms with Crippen LogP contribution in [0.15, 0.2) is 54.6 Å². The topological polar surface area (TPSA) is 66.4 Å². The summed E-state index contributed by atoms with van der Waals surface area (Å²) < 4.78 is 0. The van der Waals surface area contributed by atoms with E-state index in [4.69, 9.17) is 0 Å². The van der Waals surface area contributed by atoms with Crippen molar-refractivity contribution in [3.05, 3.63) is 76.9 Å². The monoisotopic (exact) mass is 319 g/mol. The van der Waals surface area contributed by atoms with E-state index in [1.54, 1.807) is 25.1 Å². The van der Waals surface area contributed by atoms with Crippen molar-refractivity contribution in [3.63, 3.8) is 0 Å². The Balaban J connectivity index is 2.10. The molecule has 0 radical (unpaired) electrons. The van der Waals surface area contributed by atoms with Gasteiger partial charge in [0.25, 0.3) is 5.91 Å². The molecule has 3 rings (SSSR count). The second kappa shape index (κ2) is 6.16. The fraction of sp³-hybridized carbons (Fsp3) is 0.100. The summed E-state index contributed by atoms with van der Waals surface area (Å²) in [5.74, 6) is -1.53. The minimum Gasteiger partial charge on any atom is -0.478 e. The number of hydrogen-bond acceptors (Lipinski definition) is 2. The fourth-order valence-electron chi connectivity index (χ4n) is 2.82. The number of aryl methyl sites for hydroxylation is 2. The molecule has 24 heavy (non-hydrogen) atoms. The van der Waals surface area contributed by atoms with Crippen molar-refractivity contribution in [2.45, 2.75) is 13.8 Å². The van der Waals surface area contributed by atoms with E-state index >= 15 is 0 Å². The Morgan fingerprint density at radius 1 is 0.958 bits per heavy atom. The molecule has 0 aliphatic carbocycles. The third-order valence-electron chi connectivity index (χ3n) is 4.08. The molecule has 0 saturated heterocycles. The van der Waals surface area contributed by atoms with Crippen LogP contribution in [-0.2, 0) is 0 Å². The van der Waals surface area contributed by atoms with Gasteiger partial charge in [-0.05, 0) is 48.4 Å². The lowest BCUT2D eigenvalue weighted by atomic mass is 9.94. The zero-order valence-electron chi connectivity index (χ0n) is 13.5. The van der Waals surface area contributed by atoms with Crippen molar-refractivity contribution in [2.75, 3.05) is 5.32 Å².